The van der Waals surface area contributed by atoms with Gasteiger partial charge in [0.2, 0.25) is 5.91 Å². The number of amides is 2. The van der Waals surface area contributed by atoms with Crippen LogP contribution in [0.1, 0.15) is 20.8 Å². The summed E-state index contributed by atoms with van der Waals surface area (Å²) in [6, 6.07) is -0.611. The third kappa shape index (κ3) is 6.17. The van der Waals surface area contributed by atoms with E-state index in [1.807, 2.05) is 20.8 Å². The van der Waals surface area contributed by atoms with Crippen LogP contribution < -0.4 is 10.6 Å². The second-order valence-electron chi connectivity index (χ2n) is 5.24. The molecule has 2 N–H and O–H groups in total. The molecule has 0 aliphatic rings. The van der Waals surface area contributed by atoms with Crippen molar-refractivity contribution >= 4 is 18.1 Å². The average Bonchev–Trinajstić information content (AvgIpc) is 2.37. The maximum atomic E-state index is 11.7. The highest BCUT2D eigenvalue weighted by Gasteiger charge is 2.25. The van der Waals surface area contributed by atoms with Crippen molar-refractivity contribution in [2.24, 2.45) is 5.41 Å². The van der Waals surface area contributed by atoms with Gasteiger partial charge in [-0.3, -0.25) is 9.59 Å². The molecule has 0 aliphatic heterocycles. The van der Waals surface area contributed by atoms with E-state index < -0.39 is 17.9 Å². The van der Waals surface area contributed by atoms with E-state index in [-0.39, 0.29) is 17.5 Å². The number of nitrogens with one attached hydrogen (secondary N) is 2. The fourth-order valence-electron chi connectivity index (χ4n) is 1.26. The van der Waals surface area contributed by atoms with Crippen molar-refractivity contribution in [2.75, 3.05) is 13.7 Å². The van der Waals surface area contributed by atoms with Crippen LogP contribution in [-0.4, -0.2) is 37.8 Å². The van der Waals surface area contributed by atoms with Gasteiger partial charge in [0, 0.05) is 0 Å². The third-order valence-electron chi connectivity index (χ3n) is 2.52. The Bertz CT molecular complexity index is 408. The first-order valence-electron chi connectivity index (χ1n) is 6.14. The molecule has 0 aromatic rings. The molecule has 1 atom stereocenters. The van der Waals surface area contributed by atoms with E-state index in [9.17, 15) is 14.4 Å². The Morgan fingerprint density at radius 1 is 1.35 bits per heavy atom. The molecule has 0 radical (unpaired) electrons. The SMILES string of the molecule is C=C/C(=C\OC)C(=O)NCC(=O)NC(C=O)C(C)(C)C. The summed E-state index contributed by atoms with van der Waals surface area (Å²) in [5.41, 5.74) is -0.174. The van der Waals surface area contributed by atoms with Gasteiger partial charge in [0.25, 0.3) is 5.91 Å². The quantitative estimate of drug-likeness (QED) is 0.309. The summed E-state index contributed by atoms with van der Waals surface area (Å²) in [5, 5.41) is 4.97. The minimum atomic E-state index is -0.611. The monoisotopic (exact) mass is 282 g/mol. The molecule has 0 aliphatic carbocycles. The fourth-order valence-corrected chi connectivity index (χ4v) is 1.26. The molecule has 0 saturated heterocycles. The number of hydrogen-bond donors (Lipinski definition) is 2. The lowest BCUT2D eigenvalue weighted by Crippen LogP contribution is -2.48. The number of ether oxygens (including phenoxy) is 1. The van der Waals surface area contributed by atoms with Crippen molar-refractivity contribution in [3.8, 4) is 0 Å². The maximum absolute atomic E-state index is 11.7. The molecule has 0 aromatic heterocycles. The highest BCUT2D eigenvalue weighted by Crippen LogP contribution is 2.17. The highest BCUT2D eigenvalue weighted by molar-refractivity contribution is 5.97. The van der Waals surface area contributed by atoms with E-state index in [0.29, 0.717) is 6.29 Å². The van der Waals surface area contributed by atoms with Crippen molar-refractivity contribution in [1.29, 1.82) is 0 Å². The Labute approximate surface area is 119 Å². The highest BCUT2D eigenvalue weighted by atomic mass is 16.5. The summed E-state index contributed by atoms with van der Waals surface area (Å²) in [6.07, 6.45) is 3.23. The van der Waals surface area contributed by atoms with Gasteiger partial charge in [-0.2, -0.15) is 0 Å². The van der Waals surface area contributed by atoms with Crippen LogP contribution in [-0.2, 0) is 19.1 Å². The predicted molar refractivity (Wildman–Crippen MR) is 75.7 cm³/mol. The number of carbonyl (C=O) groups excluding carboxylic acids is 3. The minimum Gasteiger partial charge on any atom is -0.504 e. The van der Waals surface area contributed by atoms with Crippen LogP contribution in [0.4, 0.5) is 0 Å². The average molecular weight is 282 g/mol. The zero-order valence-electron chi connectivity index (χ0n) is 12.4. The van der Waals surface area contributed by atoms with E-state index in [1.54, 1.807) is 0 Å². The Kier molecular flexibility index (Phi) is 7.28. The Morgan fingerprint density at radius 3 is 2.35 bits per heavy atom. The summed E-state index contributed by atoms with van der Waals surface area (Å²) in [5.74, 6) is -0.915. The topological polar surface area (TPSA) is 84.5 Å². The Hall–Kier alpha value is -2.11. The largest absolute Gasteiger partial charge is 0.504 e. The Balaban J connectivity index is 4.43. The van der Waals surface area contributed by atoms with Crippen molar-refractivity contribution in [3.05, 3.63) is 24.5 Å². The van der Waals surface area contributed by atoms with Crippen LogP contribution in [0.5, 0.6) is 0 Å². The van der Waals surface area contributed by atoms with Crippen molar-refractivity contribution in [2.45, 2.75) is 26.8 Å². The second kappa shape index (κ2) is 8.14. The summed E-state index contributed by atoms with van der Waals surface area (Å²) >= 11 is 0. The normalized spacial score (nSPS) is 13.1. The minimum absolute atomic E-state index is 0.211. The molecule has 6 heteroatoms. The van der Waals surface area contributed by atoms with Crippen molar-refractivity contribution < 1.29 is 19.1 Å². The second-order valence-corrected chi connectivity index (χ2v) is 5.24. The van der Waals surface area contributed by atoms with Crippen LogP contribution in [0.2, 0.25) is 0 Å². The van der Waals surface area contributed by atoms with E-state index in [4.69, 9.17) is 4.74 Å². The number of aldehydes is 1. The molecule has 20 heavy (non-hydrogen) atoms. The van der Waals surface area contributed by atoms with Gasteiger partial charge < -0.3 is 20.2 Å². The fraction of sp³-hybridized carbons (Fsp3) is 0.500. The molecule has 112 valence electrons. The summed E-state index contributed by atoms with van der Waals surface area (Å²) in [4.78, 5) is 34.2. The van der Waals surface area contributed by atoms with E-state index >= 15 is 0 Å². The molecular formula is C14H22N2O4. The summed E-state index contributed by atoms with van der Waals surface area (Å²) in [7, 11) is 1.40. The van der Waals surface area contributed by atoms with Crippen LogP contribution in [0.25, 0.3) is 0 Å². The molecule has 1 unspecified atom stereocenters. The van der Waals surface area contributed by atoms with E-state index in [2.05, 4.69) is 17.2 Å². The lowest BCUT2D eigenvalue weighted by molar-refractivity contribution is -0.126. The van der Waals surface area contributed by atoms with Gasteiger partial charge in [0.1, 0.15) is 6.29 Å². The number of hydrogen-bond acceptors (Lipinski definition) is 4. The van der Waals surface area contributed by atoms with Gasteiger partial charge in [-0.25, -0.2) is 0 Å². The lowest BCUT2D eigenvalue weighted by Gasteiger charge is -2.26. The summed E-state index contributed by atoms with van der Waals surface area (Å²) < 4.78 is 4.71. The van der Waals surface area contributed by atoms with Gasteiger partial charge in [-0.15, -0.1) is 0 Å². The molecule has 0 heterocycles. The van der Waals surface area contributed by atoms with Crippen LogP contribution in [0.15, 0.2) is 24.5 Å². The lowest BCUT2D eigenvalue weighted by atomic mass is 9.88. The number of methoxy groups -OCH3 is 1. The smallest absolute Gasteiger partial charge is 0.254 e. The van der Waals surface area contributed by atoms with Gasteiger partial charge >= 0.3 is 0 Å². The zero-order chi connectivity index (χ0) is 15.8. The molecule has 0 spiro atoms. The third-order valence-corrected chi connectivity index (χ3v) is 2.52. The Morgan fingerprint density at radius 2 is 1.95 bits per heavy atom. The molecule has 0 rings (SSSR count). The van der Waals surface area contributed by atoms with Crippen molar-refractivity contribution in [3.63, 3.8) is 0 Å². The van der Waals surface area contributed by atoms with Crippen LogP contribution in [0.3, 0.4) is 0 Å². The maximum Gasteiger partial charge on any atom is 0.254 e. The summed E-state index contributed by atoms with van der Waals surface area (Å²) in [6.45, 7) is 8.74. The first-order valence-corrected chi connectivity index (χ1v) is 6.14. The zero-order valence-corrected chi connectivity index (χ0v) is 12.4. The standard InChI is InChI=1S/C14H22N2O4/c1-6-10(9-20-5)13(19)15-7-12(18)16-11(8-17)14(2,3)4/h6,8-9,11H,1,7H2,2-5H3,(H,15,19)(H,16,18)/b10-9+. The predicted octanol–water partition coefficient (Wildman–Crippen LogP) is 0.549. The van der Waals surface area contributed by atoms with Crippen LogP contribution in [0, 0.1) is 5.41 Å². The molecule has 0 aromatic carbocycles. The molecule has 0 saturated carbocycles. The molecule has 6 nitrogen and oxygen atoms in total. The molecule has 2 amide bonds. The van der Waals surface area contributed by atoms with Gasteiger partial charge in [0.05, 0.1) is 31.5 Å². The van der Waals surface area contributed by atoms with Gasteiger partial charge in [0.15, 0.2) is 0 Å². The molecule has 0 fully saturated rings. The van der Waals surface area contributed by atoms with E-state index in [0.717, 1.165) is 0 Å². The number of carbonyl (C=O) groups is 3. The molecule has 0 bridgehead atoms. The number of rotatable bonds is 7. The molecular weight excluding hydrogens is 260 g/mol. The van der Waals surface area contributed by atoms with Crippen LogP contribution >= 0.6 is 0 Å². The first kappa shape index (κ1) is 17.9. The van der Waals surface area contributed by atoms with Gasteiger partial charge in [-0.1, -0.05) is 33.4 Å². The van der Waals surface area contributed by atoms with Gasteiger partial charge in [-0.05, 0) is 5.41 Å². The first-order chi connectivity index (χ1) is 9.26. The van der Waals surface area contributed by atoms with Crippen molar-refractivity contribution in [1.82, 2.24) is 10.6 Å². The van der Waals surface area contributed by atoms with E-state index in [1.165, 1.54) is 19.4 Å².